The van der Waals surface area contributed by atoms with E-state index in [9.17, 15) is 8.42 Å². The van der Waals surface area contributed by atoms with Crippen LogP contribution in [-0.2, 0) is 10.0 Å². The Morgan fingerprint density at radius 2 is 1.90 bits per heavy atom. The highest BCUT2D eigenvalue weighted by molar-refractivity contribution is 7.89. The number of hydrogen-bond donors (Lipinski definition) is 0. The summed E-state index contributed by atoms with van der Waals surface area (Å²) in [5, 5.41) is 4.70. The molecule has 0 saturated carbocycles. The molecule has 0 saturated heterocycles. The minimum Gasteiger partial charge on any atom is -0.298 e. The van der Waals surface area contributed by atoms with E-state index in [4.69, 9.17) is 11.6 Å². The van der Waals surface area contributed by atoms with Gasteiger partial charge in [-0.1, -0.05) is 17.7 Å². The number of aryl methyl sites for hydroxylation is 2. The van der Waals surface area contributed by atoms with Gasteiger partial charge in [0.05, 0.1) is 23.0 Å². The Morgan fingerprint density at radius 1 is 1.10 bits per heavy atom. The van der Waals surface area contributed by atoms with Crippen LogP contribution >= 0.6 is 11.6 Å². The number of sulfonamides is 1. The Kier molecular flexibility index (Phi) is 5.51. The van der Waals surface area contributed by atoms with Gasteiger partial charge in [0.25, 0.3) is 10.0 Å². The van der Waals surface area contributed by atoms with E-state index >= 15 is 0 Å². The van der Waals surface area contributed by atoms with Crippen LogP contribution in [0.4, 0.5) is 0 Å². The minimum atomic E-state index is -3.83. The Bertz CT molecular complexity index is 1400. The first-order valence-electron chi connectivity index (χ1n) is 9.44. The summed E-state index contributed by atoms with van der Waals surface area (Å²) < 4.78 is 28.8. The summed E-state index contributed by atoms with van der Waals surface area (Å²) in [6.45, 7) is 3.47. The topological polar surface area (TPSA) is 79.9 Å². The van der Waals surface area contributed by atoms with Crippen LogP contribution in [0.2, 0.25) is 5.02 Å². The summed E-state index contributed by atoms with van der Waals surface area (Å²) in [4.78, 5) is 8.69. The average molecular weight is 454 g/mol. The van der Waals surface area contributed by atoms with Crippen LogP contribution in [-0.4, -0.2) is 40.5 Å². The molecule has 0 atom stereocenters. The molecule has 9 heteroatoms. The lowest BCUT2D eigenvalue weighted by Gasteiger charge is -2.16. The fraction of sp³-hybridized carbons (Fsp3) is 0.136. The monoisotopic (exact) mass is 453 g/mol. The fourth-order valence-corrected chi connectivity index (χ4v) is 4.64. The predicted octanol–water partition coefficient (Wildman–Crippen LogP) is 4.32. The van der Waals surface area contributed by atoms with Crippen LogP contribution in [0.5, 0.6) is 0 Å². The first kappa shape index (κ1) is 21.0. The molecule has 0 aliphatic carbocycles. The third-order valence-electron chi connectivity index (χ3n) is 4.96. The number of fused-ring (bicyclic) bond motifs is 1. The maximum absolute atomic E-state index is 13.0. The van der Waals surface area contributed by atoms with Crippen LogP contribution in [0.1, 0.15) is 16.8 Å². The largest absolute Gasteiger partial charge is 0.298 e. The van der Waals surface area contributed by atoms with Gasteiger partial charge >= 0.3 is 0 Å². The van der Waals surface area contributed by atoms with Crippen molar-refractivity contribution in [3.8, 4) is 11.1 Å². The maximum Gasteiger partial charge on any atom is 0.279 e. The molecule has 0 fully saturated rings. The summed E-state index contributed by atoms with van der Waals surface area (Å²) in [6.07, 6.45) is 8.54. The maximum atomic E-state index is 13.0. The zero-order valence-corrected chi connectivity index (χ0v) is 18.8. The molecule has 7 nitrogen and oxygen atoms in total. The average Bonchev–Trinajstić information content (AvgIpc) is 3.17. The number of aromatic nitrogens is 3. The van der Waals surface area contributed by atoms with Crippen molar-refractivity contribution in [3.05, 3.63) is 83.0 Å². The van der Waals surface area contributed by atoms with Crippen molar-refractivity contribution in [2.75, 3.05) is 7.05 Å². The molecule has 0 spiro atoms. The molecule has 1 aromatic carbocycles. The smallest absolute Gasteiger partial charge is 0.279 e. The molecule has 0 aliphatic heterocycles. The second-order valence-electron chi connectivity index (χ2n) is 7.12. The van der Waals surface area contributed by atoms with Crippen molar-refractivity contribution in [1.29, 1.82) is 0 Å². The second-order valence-corrected chi connectivity index (χ2v) is 9.45. The molecule has 3 heterocycles. The zero-order chi connectivity index (χ0) is 22.2. The third-order valence-corrected chi connectivity index (χ3v) is 7.16. The van der Waals surface area contributed by atoms with Crippen LogP contribution < -0.4 is 0 Å². The number of hydrogen-bond acceptors (Lipinski definition) is 5. The summed E-state index contributed by atoms with van der Waals surface area (Å²) in [5.74, 6) is 0. The van der Waals surface area contributed by atoms with Gasteiger partial charge in [-0.05, 0) is 55.3 Å². The first-order valence-corrected chi connectivity index (χ1v) is 11.3. The Balaban J connectivity index is 1.67. The molecular weight excluding hydrogens is 434 g/mol. The summed E-state index contributed by atoms with van der Waals surface area (Å²) in [6, 6.07) is 10.9. The van der Waals surface area contributed by atoms with E-state index in [1.54, 1.807) is 44.6 Å². The Hall–Kier alpha value is -3.23. The number of nitrogens with zero attached hydrogens (tertiary/aromatic N) is 5. The second kappa shape index (κ2) is 8.13. The first-order chi connectivity index (χ1) is 14.8. The highest BCUT2D eigenvalue weighted by Gasteiger charge is 2.22. The van der Waals surface area contributed by atoms with E-state index in [2.05, 4.69) is 15.1 Å². The SMILES string of the molecule is Cc1cc(S(=O)(=O)N(C)/N=C/c2cnc3ccc(-c4cccnc4)cn23)c(C)cc1Cl. The Morgan fingerprint density at radius 3 is 2.65 bits per heavy atom. The van der Waals surface area contributed by atoms with Gasteiger partial charge in [-0.25, -0.2) is 4.98 Å². The molecule has 3 aromatic heterocycles. The molecule has 0 bridgehead atoms. The lowest BCUT2D eigenvalue weighted by molar-refractivity contribution is 0.490. The van der Waals surface area contributed by atoms with Crippen molar-refractivity contribution >= 4 is 33.5 Å². The van der Waals surface area contributed by atoms with Gasteiger partial charge in [0.1, 0.15) is 5.65 Å². The van der Waals surface area contributed by atoms with Gasteiger partial charge in [-0.15, -0.1) is 0 Å². The number of benzene rings is 1. The van der Waals surface area contributed by atoms with E-state index in [0.29, 0.717) is 21.8 Å². The number of pyridine rings is 2. The van der Waals surface area contributed by atoms with Crippen molar-refractivity contribution in [3.63, 3.8) is 0 Å². The lowest BCUT2D eigenvalue weighted by atomic mass is 10.1. The van der Waals surface area contributed by atoms with Crippen molar-refractivity contribution in [2.45, 2.75) is 18.7 Å². The predicted molar refractivity (Wildman–Crippen MR) is 122 cm³/mol. The van der Waals surface area contributed by atoms with Crippen LogP contribution in [0, 0.1) is 13.8 Å². The van der Waals surface area contributed by atoms with Crippen molar-refractivity contribution in [2.24, 2.45) is 5.10 Å². The molecule has 0 unspecified atom stereocenters. The van der Waals surface area contributed by atoms with Gasteiger partial charge in [-0.3, -0.25) is 9.38 Å². The quantitative estimate of drug-likeness (QED) is 0.333. The molecule has 4 aromatic rings. The number of hydrazone groups is 1. The summed E-state index contributed by atoms with van der Waals surface area (Å²) >= 11 is 6.11. The van der Waals surface area contributed by atoms with Gasteiger partial charge in [0, 0.05) is 41.8 Å². The van der Waals surface area contributed by atoms with E-state index in [-0.39, 0.29) is 4.90 Å². The van der Waals surface area contributed by atoms with Crippen molar-refractivity contribution in [1.82, 2.24) is 18.8 Å². The van der Waals surface area contributed by atoms with Crippen LogP contribution in [0.15, 0.2) is 71.2 Å². The van der Waals surface area contributed by atoms with E-state index in [1.165, 1.54) is 13.3 Å². The van der Waals surface area contributed by atoms with Crippen LogP contribution in [0.25, 0.3) is 16.8 Å². The molecule has 31 heavy (non-hydrogen) atoms. The number of rotatable bonds is 5. The van der Waals surface area contributed by atoms with E-state index in [0.717, 1.165) is 21.2 Å². The highest BCUT2D eigenvalue weighted by Crippen LogP contribution is 2.26. The van der Waals surface area contributed by atoms with Crippen LogP contribution in [0.3, 0.4) is 0 Å². The lowest BCUT2D eigenvalue weighted by Crippen LogP contribution is -2.23. The third kappa shape index (κ3) is 4.04. The molecule has 0 radical (unpaired) electrons. The standard InChI is InChI=1S/C22H20ClN5O2S/c1-15-10-21(16(2)9-20(15)23)31(29,30)27(3)26-13-19-12-25-22-7-6-18(14-28(19)22)17-5-4-8-24-11-17/h4-14H,1-3H3/b26-13+. The zero-order valence-electron chi connectivity index (χ0n) is 17.2. The molecule has 158 valence electrons. The van der Waals surface area contributed by atoms with Gasteiger partial charge in [0.2, 0.25) is 0 Å². The van der Waals surface area contributed by atoms with Gasteiger partial charge in [-0.2, -0.15) is 17.9 Å². The van der Waals surface area contributed by atoms with E-state index in [1.807, 2.05) is 34.9 Å². The minimum absolute atomic E-state index is 0.172. The molecule has 0 N–H and O–H groups in total. The number of halogens is 1. The fourth-order valence-electron chi connectivity index (χ4n) is 3.18. The van der Waals surface area contributed by atoms with Crippen molar-refractivity contribution < 1.29 is 8.42 Å². The summed E-state index contributed by atoms with van der Waals surface area (Å²) in [5.41, 5.74) is 4.55. The summed E-state index contributed by atoms with van der Waals surface area (Å²) in [7, 11) is -2.43. The molecular formula is C22H20ClN5O2S. The molecule has 0 aliphatic rings. The molecule has 4 rings (SSSR count). The highest BCUT2D eigenvalue weighted by atomic mass is 35.5. The normalized spacial score (nSPS) is 12.0. The molecule has 0 amide bonds. The Labute approximate surface area is 185 Å². The van der Waals surface area contributed by atoms with Gasteiger partial charge < -0.3 is 0 Å². The van der Waals surface area contributed by atoms with E-state index < -0.39 is 10.0 Å². The number of imidazole rings is 1. The van der Waals surface area contributed by atoms with Gasteiger partial charge in [0.15, 0.2) is 0 Å².